The Morgan fingerprint density at radius 1 is 0.952 bits per heavy atom. The molecule has 3 unspecified atom stereocenters. The summed E-state index contributed by atoms with van der Waals surface area (Å²) < 4.78 is 0. The van der Waals surface area contributed by atoms with E-state index in [0.29, 0.717) is 11.8 Å². The Morgan fingerprint density at radius 2 is 1.67 bits per heavy atom. The van der Waals surface area contributed by atoms with Crippen LogP contribution in [-0.2, 0) is 12.8 Å². The van der Waals surface area contributed by atoms with E-state index in [2.05, 4.69) is 48.5 Å². The molecular formula is C20H22O. The first-order valence-corrected chi connectivity index (χ1v) is 8.16. The number of rotatable bonds is 3. The van der Waals surface area contributed by atoms with E-state index in [1.54, 1.807) is 0 Å². The van der Waals surface area contributed by atoms with E-state index in [-0.39, 0.29) is 6.10 Å². The van der Waals surface area contributed by atoms with Gasteiger partial charge in [0.2, 0.25) is 0 Å². The number of aliphatic hydroxyl groups excluding tert-OH is 1. The van der Waals surface area contributed by atoms with Gasteiger partial charge in [0.05, 0.1) is 6.10 Å². The van der Waals surface area contributed by atoms with Gasteiger partial charge < -0.3 is 5.11 Å². The van der Waals surface area contributed by atoms with Gasteiger partial charge in [-0.25, -0.2) is 0 Å². The Balaban J connectivity index is 1.51. The first-order valence-electron chi connectivity index (χ1n) is 8.16. The van der Waals surface area contributed by atoms with Gasteiger partial charge in [0.15, 0.2) is 0 Å². The van der Waals surface area contributed by atoms with Crippen LogP contribution in [0.4, 0.5) is 0 Å². The lowest BCUT2D eigenvalue weighted by molar-refractivity contribution is 0.114. The molecule has 3 atom stereocenters. The molecular weight excluding hydrogens is 256 g/mol. The van der Waals surface area contributed by atoms with Crippen LogP contribution < -0.4 is 0 Å². The summed E-state index contributed by atoms with van der Waals surface area (Å²) in [6.07, 6.45) is 5.36. The Kier molecular flexibility index (Phi) is 3.31. The molecule has 0 bridgehead atoms. The van der Waals surface area contributed by atoms with Crippen molar-refractivity contribution >= 4 is 0 Å². The molecule has 0 aromatic heterocycles. The lowest BCUT2D eigenvalue weighted by Crippen LogP contribution is -2.28. The number of benzene rings is 2. The van der Waals surface area contributed by atoms with Gasteiger partial charge in [-0.05, 0) is 60.3 Å². The maximum Gasteiger partial charge on any atom is 0.0614 e. The zero-order valence-corrected chi connectivity index (χ0v) is 12.3. The summed E-state index contributed by atoms with van der Waals surface area (Å²) in [6, 6.07) is 17.4. The fraction of sp³-hybridized carbons (Fsp3) is 0.400. The number of aryl methyl sites for hydroxylation is 1. The molecule has 2 aromatic carbocycles. The summed E-state index contributed by atoms with van der Waals surface area (Å²) in [5, 5.41) is 10.8. The Morgan fingerprint density at radius 3 is 2.48 bits per heavy atom. The van der Waals surface area contributed by atoms with Crippen LogP contribution in [0.15, 0.2) is 48.5 Å². The molecule has 2 aromatic rings. The molecule has 4 rings (SSSR count). The van der Waals surface area contributed by atoms with E-state index in [1.165, 1.54) is 35.1 Å². The zero-order valence-electron chi connectivity index (χ0n) is 12.3. The minimum Gasteiger partial charge on any atom is -0.392 e. The fourth-order valence-electron chi connectivity index (χ4n) is 4.22. The van der Waals surface area contributed by atoms with Crippen LogP contribution in [0.2, 0.25) is 0 Å². The molecule has 0 fully saturated rings. The van der Waals surface area contributed by atoms with Crippen LogP contribution in [-0.4, -0.2) is 11.2 Å². The number of hydrogen-bond donors (Lipinski definition) is 1. The highest BCUT2D eigenvalue weighted by molar-refractivity contribution is 5.40. The van der Waals surface area contributed by atoms with Crippen LogP contribution >= 0.6 is 0 Å². The van der Waals surface area contributed by atoms with E-state index in [0.717, 1.165) is 19.3 Å². The zero-order chi connectivity index (χ0) is 14.2. The minimum atomic E-state index is -0.204. The minimum absolute atomic E-state index is 0.204. The van der Waals surface area contributed by atoms with Gasteiger partial charge in [-0.15, -0.1) is 0 Å². The first kappa shape index (κ1) is 13.1. The summed E-state index contributed by atoms with van der Waals surface area (Å²) in [5.74, 6) is 0.896. The maximum atomic E-state index is 10.8. The molecule has 0 saturated heterocycles. The van der Waals surface area contributed by atoms with E-state index >= 15 is 0 Å². The quantitative estimate of drug-likeness (QED) is 0.892. The molecule has 2 aliphatic rings. The van der Waals surface area contributed by atoms with Crippen molar-refractivity contribution in [1.29, 1.82) is 0 Å². The van der Waals surface area contributed by atoms with E-state index in [9.17, 15) is 5.11 Å². The van der Waals surface area contributed by atoms with Crippen LogP contribution in [0.5, 0.6) is 0 Å². The third-order valence-electron chi connectivity index (χ3n) is 5.37. The standard InChI is InChI=1S/C20H22O/c21-20(13-16-12-15-7-2-3-9-17(15)16)19-11-5-8-14-6-1-4-10-18(14)19/h1-4,6-7,9-10,16,19-21H,5,8,11-13H2. The van der Waals surface area contributed by atoms with Crippen molar-refractivity contribution in [3.63, 3.8) is 0 Å². The molecule has 1 heteroatoms. The van der Waals surface area contributed by atoms with Gasteiger partial charge in [0, 0.05) is 5.92 Å². The largest absolute Gasteiger partial charge is 0.392 e. The second-order valence-electron chi connectivity index (χ2n) is 6.60. The van der Waals surface area contributed by atoms with Crippen molar-refractivity contribution in [3.8, 4) is 0 Å². The van der Waals surface area contributed by atoms with Crippen LogP contribution in [0.25, 0.3) is 0 Å². The topological polar surface area (TPSA) is 20.2 Å². The third kappa shape index (κ3) is 2.30. The van der Waals surface area contributed by atoms with Crippen molar-refractivity contribution < 1.29 is 5.11 Å². The van der Waals surface area contributed by atoms with Crippen LogP contribution in [0.3, 0.4) is 0 Å². The number of aliphatic hydroxyl groups is 1. The Bertz CT molecular complexity index is 646. The molecule has 0 amide bonds. The molecule has 2 aliphatic carbocycles. The molecule has 0 radical (unpaired) electrons. The molecule has 0 saturated carbocycles. The van der Waals surface area contributed by atoms with E-state index < -0.39 is 0 Å². The SMILES string of the molecule is OC(CC1Cc2ccccc21)C1CCCc2ccccc21. The molecule has 0 spiro atoms. The molecule has 1 nitrogen and oxygen atoms in total. The Labute approximate surface area is 126 Å². The maximum absolute atomic E-state index is 10.8. The highest BCUT2D eigenvalue weighted by atomic mass is 16.3. The number of fused-ring (bicyclic) bond motifs is 2. The summed E-state index contributed by atoms with van der Waals surface area (Å²) in [6.45, 7) is 0. The summed E-state index contributed by atoms with van der Waals surface area (Å²) in [5.41, 5.74) is 5.77. The van der Waals surface area contributed by atoms with Crippen molar-refractivity contribution in [2.24, 2.45) is 0 Å². The van der Waals surface area contributed by atoms with Gasteiger partial charge in [-0.3, -0.25) is 0 Å². The summed E-state index contributed by atoms with van der Waals surface area (Å²) in [7, 11) is 0. The molecule has 1 N–H and O–H groups in total. The molecule has 0 heterocycles. The monoisotopic (exact) mass is 278 g/mol. The van der Waals surface area contributed by atoms with Gasteiger partial charge >= 0.3 is 0 Å². The third-order valence-corrected chi connectivity index (χ3v) is 5.37. The highest BCUT2D eigenvalue weighted by Crippen LogP contribution is 2.42. The highest BCUT2D eigenvalue weighted by Gasteiger charge is 2.32. The van der Waals surface area contributed by atoms with Crippen molar-refractivity contribution in [2.45, 2.75) is 50.0 Å². The second-order valence-corrected chi connectivity index (χ2v) is 6.60. The first-order chi connectivity index (χ1) is 10.3. The average molecular weight is 278 g/mol. The van der Waals surface area contributed by atoms with Crippen molar-refractivity contribution in [3.05, 3.63) is 70.8 Å². The predicted octanol–water partition coefficient (Wildman–Crippen LogP) is 4.20. The predicted molar refractivity (Wildman–Crippen MR) is 85.6 cm³/mol. The second kappa shape index (κ2) is 5.31. The van der Waals surface area contributed by atoms with Crippen LogP contribution in [0, 0.1) is 0 Å². The van der Waals surface area contributed by atoms with Crippen LogP contribution in [0.1, 0.15) is 53.4 Å². The summed E-state index contributed by atoms with van der Waals surface area (Å²) in [4.78, 5) is 0. The van der Waals surface area contributed by atoms with E-state index in [1.807, 2.05) is 0 Å². The smallest absolute Gasteiger partial charge is 0.0614 e. The van der Waals surface area contributed by atoms with Gasteiger partial charge in [0.1, 0.15) is 0 Å². The Hall–Kier alpha value is -1.60. The molecule has 0 aliphatic heterocycles. The average Bonchev–Trinajstić information content (AvgIpc) is 2.52. The lowest BCUT2D eigenvalue weighted by atomic mass is 9.71. The van der Waals surface area contributed by atoms with Crippen molar-refractivity contribution in [2.75, 3.05) is 0 Å². The van der Waals surface area contributed by atoms with Gasteiger partial charge in [0.25, 0.3) is 0 Å². The van der Waals surface area contributed by atoms with Gasteiger partial charge in [-0.2, -0.15) is 0 Å². The fourth-order valence-corrected chi connectivity index (χ4v) is 4.22. The normalized spacial score (nSPS) is 24.6. The molecule has 108 valence electrons. The van der Waals surface area contributed by atoms with Gasteiger partial charge in [-0.1, -0.05) is 48.5 Å². The van der Waals surface area contributed by atoms with Crippen molar-refractivity contribution in [1.82, 2.24) is 0 Å². The van der Waals surface area contributed by atoms with E-state index in [4.69, 9.17) is 0 Å². The lowest BCUT2D eigenvalue weighted by Gasteiger charge is -2.35. The number of hydrogen-bond acceptors (Lipinski definition) is 1. The summed E-state index contributed by atoms with van der Waals surface area (Å²) >= 11 is 0. The molecule has 21 heavy (non-hydrogen) atoms.